The van der Waals surface area contributed by atoms with Gasteiger partial charge in [-0.25, -0.2) is 8.42 Å². The third kappa shape index (κ3) is 8.34. The quantitative estimate of drug-likeness (QED) is 0.452. The molecule has 0 aliphatic heterocycles. The van der Waals surface area contributed by atoms with Crippen molar-refractivity contribution in [1.82, 2.24) is 5.32 Å². The highest BCUT2D eigenvalue weighted by molar-refractivity contribution is 7.92. The number of nitrogens with one attached hydrogen (secondary N) is 2. The van der Waals surface area contributed by atoms with Crippen molar-refractivity contribution in [2.75, 3.05) is 36.9 Å². The van der Waals surface area contributed by atoms with E-state index in [-0.39, 0.29) is 42.9 Å². The van der Waals surface area contributed by atoms with E-state index < -0.39 is 23.5 Å². The van der Waals surface area contributed by atoms with E-state index >= 15 is 0 Å². The normalized spacial score (nSPS) is 11.7. The topological polar surface area (TPSA) is 120 Å². The number of sulfonamides is 1. The van der Waals surface area contributed by atoms with Crippen molar-refractivity contribution in [3.63, 3.8) is 0 Å². The monoisotopic (exact) mass is 470 g/mol. The summed E-state index contributed by atoms with van der Waals surface area (Å²) in [6.45, 7) is 3.98. The number of carbonyl (C=O) groups is 1. The van der Waals surface area contributed by atoms with Crippen molar-refractivity contribution in [2.45, 2.75) is 13.8 Å². The van der Waals surface area contributed by atoms with E-state index in [0.29, 0.717) is 5.75 Å². The van der Waals surface area contributed by atoms with Crippen LogP contribution in [0.3, 0.4) is 0 Å². The van der Waals surface area contributed by atoms with Crippen LogP contribution in [0, 0.1) is 0 Å². The van der Waals surface area contributed by atoms with E-state index in [9.17, 15) is 17.8 Å². The molecule has 170 valence electrons. The number of ether oxygens (including phenoxy) is 1. The Balaban J connectivity index is 2.17. The number of para-hydroxylation sites is 1. The molecule has 0 bridgehead atoms. The lowest BCUT2D eigenvalue weighted by Crippen LogP contribution is -2.27. The zero-order chi connectivity index (χ0) is 22.9. The number of benzene rings is 2. The van der Waals surface area contributed by atoms with E-state index in [2.05, 4.69) is 10.0 Å². The summed E-state index contributed by atoms with van der Waals surface area (Å²) in [4.78, 5) is 12.6. The minimum Gasteiger partial charge on any atom is -0.455 e. The SMILES string of the molecule is CCOP(=O)(CCNC(=O)c1ccc(NS(C)(=O)=O)c(Oc2ccccc2)c1)OCC. The largest absolute Gasteiger partial charge is 0.455 e. The zero-order valence-corrected chi connectivity index (χ0v) is 19.4. The van der Waals surface area contributed by atoms with Crippen molar-refractivity contribution in [2.24, 2.45) is 0 Å². The molecule has 0 saturated carbocycles. The molecule has 0 heterocycles. The first kappa shape index (κ1) is 24.9. The average Bonchev–Trinajstić information content (AvgIpc) is 2.69. The van der Waals surface area contributed by atoms with Crippen LogP contribution in [0.4, 0.5) is 5.69 Å². The van der Waals surface area contributed by atoms with Gasteiger partial charge >= 0.3 is 7.60 Å². The minimum absolute atomic E-state index is 0.0293. The van der Waals surface area contributed by atoms with Gasteiger partial charge in [-0.1, -0.05) is 18.2 Å². The van der Waals surface area contributed by atoms with Gasteiger partial charge in [0.2, 0.25) is 10.0 Å². The van der Waals surface area contributed by atoms with Crippen LogP contribution in [0.5, 0.6) is 11.5 Å². The second kappa shape index (κ2) is 11.3. The number of carbonyl (C=O) groups excluding carboxylic acids is 1. The van der Waals surface area contributed by atoms with Crippen LogP contribution in [0.15, 0.2) is 48.5 Å². The molecule has 0 aromatic heterocycles. The third-order valence-corrected chi connectivity index (χ3v) is 6.50. The molecule has 0 atom stereocenters. The van der Waals surface area contributed by atoms with Crippen LogP contribution in [0.1, 0.15) is 24.2 Å². The van der Waals surface area contributed by atoms with Gasteiger partial charge in [0.1, 0.15) is 5.75 Å². The Morgan fingerprint density at radius 3 is 2.26 bits per heavy atom. The maximum absolute atomic E-state index is 12.6. The van der Waals surface area contributed by atoms with E-state index in [1.54, 1.807) is 38.1 Å². The number of hydrogen-bond acceptors (Lipinski definition) is 7. The van der Waals surface area contributed by atoms with Gasteiger partial charge in [0.15, 0.2) is 5.75 Å². The molecule has 0 spiro atoms. The van der Waals surface area contributed by atoms with Crippen LogP contribution in [-0.4, -0.2) is 46.5 Å². The summed E-state index contributed by atoms with van der Waals surface area (Å²) in [7, 11) is -6.83. The van der Waals surface area contributed by atoms with Crippen LogP contribution in [-0.2, 0) is 23.6 Å². The fraction of sp³-hybridized carbons (Fsp3) is 0.350. The summed E-state index contributed by atoms with van der Waals surface area (Å²) >= 11 is 0. The van der Waals surface area contributed by atoms with E-state index in [1.165, 1.54) is 18.2 Å². The number of amides is 1. The van der Waals surface area contributed by atoms with E-state index in [0.717, 1.165) is 6.26 Å². The highest BCUT2D eigenvalue weighted by atomic mass is 32.2. The second-order valence-electron chi connectivity index (χ2n) is 6.43. The van der Waals surface area contributed by atoms with E-state index in [1.807, 2.05) is 6.07 Å². The molecule has 2 aromatic rings. The van der Waals surface area contributed by atoms with Crippen LogP contribution in [0.25, 0.3) is 0 Å². The standard InChI is InChI=1S/C20H27N2O7PS/c1-4-27-30(24,28-5-2)14-13-21-20(23)16-11-12-18(22-31(3,25)26)19(15-16)29-17-9-7-6-8-10-17/h6-12,15,22H,4-5,13-14H2,1-3H3,(H,21,23). The first-order chi connectivity index (χ1) is 14.7. The number of rotatable bonds is 12. The average molecular weight is 470 g/mol. The van der Waals surface area contributed by atoms with Crippen molar-refractivity contribution >= 4 is 29.2 Å². The van der Waals surface area contributed by atoms with Gasteiger partial charge in [0.05, 0.1) is 31.3 Å². The highest BCUT2D eigenvalue weighted by Gasteiger charge is 2.23. The first-order valence-electron chi connectivity index (χ1n) is 9.67. The molecule has 0 radical (unpaired) electrons. The second-order valence-corrected chi connectivity index (χ2v) is 10.4. The van der Waals surface area contributed by atoms with Gasteiger partial charge in [0, 0.05) is 12.1 Å². The Bertz CT molecular complexity index is 1020. The molecular formula is C20H27N2O7PS. The van der Waals surface area contributed by atoms with Crippen LogP contribution >= 0.6 is 7.60 Å². The lowest BCUT2D eigenvalue weighted by molar-refractivity contribution is 0.0955. The van der Waals surface area contributed by atoms with Gasteiger partial charge in [-0.15, -0.1) is 0 Å². The Kier molecular flexibility index (Phi) is 9.06. The Hall–Kier alpha value is -2.39. The van der Waals surface area contributed by atoms with Gasteiger partial charge in [-0.05, 0) is 44.2 Å². The van der Waals surface area contributed by atoms with Crippen molar-refractivity contribution in [3.05, 3.63) is 54.1 Å². The van der Waals surface area contributed by atoms with Gasteiger partial charge < -0.3 is 19.1 Å². The van der Waals surface area contributed by atoms with Crippen molar-refractivity contribution < 1.29 is 31.6 Å². The molecule has 31 heavy (non-hydrogen) atoms. The summed E-state index contributed by atoms with van der Waals surface area (Å²) in [6.07, 6.45) is 1.05. The minimum atomic E-state index is -3.56. The summed E-state index contributed by atoms with van der Waals surface area (Å²) in [6, 6.07) is 13.1. The predicted octanol–water partition coefficient (Wildman–Crippen LogP) is 3.85. The highest BCUT2D eigenvalue weighted by Crippen LogP contribution is 2.47. The Morgan fingerprint density at radius 1 is 1.03 bits per heavy atom. The smallest absolute Gasteiger partial charge is 0.332 e. The van der Waals surface area contributed by atoms with Gasteiger partial charge in [0.25, 0.3) is 5.91 Å². The first-order valence-corrected chi connectivity index (χ1v) is 13.3. The number of anilines is 1. The number of hydrogen-bond donors (Lipinski definition) is 2. The molecule has 0 fully saturated rings. The molecule has 0 aliphatic rings. The van der Waals surface area contributed by atoms with Crippen LogP contribution < -0.4 is 14.8 Å². The van der Waals surface area contributed by atoms with Gasteiger partial charge in [-0.3, -0.25) is 14.1 Å². The molecular weight excluding hydrogens is 443 g/mol. The molecule has 11 heteroatoms. The van der Waals surface area contributed by atoms with E-state index in [4.69, 9.17) is 13.8 Å². The summed E-state index contributed by atoms with van der Waals surface area (Å²) in [5.41, 5.74) is 0.438. The maximum Gasteiger partial charge on any atom is 0.332 e. The molecule has 1 amide bonds. The Morgan fingerprint density at radius 2 is 1.68 bits per heavy atom. The summed E-state index contributed by atoms with van der Waals surface area (Å²) < 4.78 is 54.4. The lowest BCUT2D eigenvalue weighted by Gasteiger charge is -2.17. The fourth-order valence-corrected chi connectivity index (χ4v) is 4.69. The lowest BCUT2D eigenvalue weighted by atomic mass is 10.1. The molecule has 0 saturated heterocycles. The summed E-state index contributed by atoms with van der Waals surface area (Å²) in [5.74, 6) is 0.202. The van der Waals surface area contributed by atoms with Crippen LogP contribution in [0.2, 0.25) is 0 Å². The molecule has 0 aliphatic carbocycles. The Labute approximate surface area is 182 Å². The maximum atomic E-state index is 12.6. The van der Waals surface area contributed by atoms with Crippen molar-refractivity contribution in [1.29, 1.82) is 0 Å². The zero-order valence-electron chi connectivity index (χ0n) is 17.7. The molecule has 9 nitrogen and oxygen atoms in total. The predicted molar refractivity (Wildman–Crippen MR) is 119 cm³/mol. The fourth-order valence-electron chi connectivity index (χ4n) is 2.62. The molecule has 2 N–H and O–H groups in total. The van der Waals surface area contributed by atoms with Gasteiger partial charge in [-0.2, -0.15) is 0 Å². The van der Waals surface area contributed by atoms with Crippen molar-refractivity contribution in [3.8, 4) is 11.5 Å². The molecule has 2 rings (SSSR count). The summed E-state index contributed by atoms with van der Waals surface area (Å²) in [5, 5.41) is 2.66. The molecule has 0 unspecified atom stereocenters. The molecule has 2 aromatic carbocycles. The third-order valence-electron chi connectivity index (χ3n) is 3.83.